The molecule has 0 atom stereocenters. The molecule has 0 saturated carbocycles. The molecule has 2 heterocycles. The maximum atomic E-state index is 5.59. The van der Waals surface area contributed by atoms with Gasteiger partial charge in [-0.2, -0.15) is 0 Å². The van der Waals surface area contributed by atoms with E-state index in [4.69, 9.17) is 5.73 Å². The van der Waals surface area contributed by atoms with Crippen LogP contribution in [0.1, 0.15) is 24.4 Å². The Labute approximate surface area is 69.6 Å². The Morgan fingerprint density at radius 2 is 2.36 bits per heavy atom. The molecule has 3 N–H and O–H groups in total. The van der Waals surface area contributed by atoms with E-state index in [2.05, 4.69) is 24.1 Å². The first kappa shape index (κ1) is 7.06. The molecule has 11 heavy (non-hydrogen) atoms. The van der Waals surface area contributed by atoms with Crippen LogP contribution in [0.4, 0.5) is 5.13 Å². The fourth-order valence-corrected chi connectivity index (χ4v) is 2.29. The Kier molecular flexibility index (Phi) is 1.25. The van der Waals surface area contributed by atoms with Gasteiger partial charge >= 0.3 is 0 Å². The lowest BCUT2D eigenvalue weighted by atomic mass is 10.0. The molecule has 3 nitrogen and oxygen atoms in total. The first-order valence-corrected chi connectivity index (χ1v) is 4.42. The smallest absolute Gasteiger partial charge is 0.180 e. The largest absolute Gasteiger partial charge is 0.375 e. The number of nitrogens with zero attached hydrogens (tertiary/aromatic N) is 1. The van der Waals surface area contributed by atoms with E-state index in [0.29, 0.717) is 5.13 Å². The van der Waals surface area contributed by atoms with E-state index in [1.165, 1.54) is 4.88 Å². The summed E-state index contributed by atoms with van der Waals surface area (Å²) < 4.78 is 0. The molecule has 0 bridgehead atoms. The molecule has 0 amide bonds. The molecule has 1 aromatic rings. The SMILES string of the molecule is CC1(C)NCc2sc(N)nc21. The zero-order valence-electron chi connectivity index (χ0n) is 6.64. The number of rotatable bonds is 0. The van der Waals surface area contributed by atoms with Crippen molar-refractivity contribution < 1.29 is 0 Å². The van der Waals surface area contributed by atoms with Crippen LogP contribution in [0, 0.1) is 0 Å². The minimum atomic E-state index is 0.0173. The zero-order chi connectivity index (χ0) is 8.06. The second-order valence-corrected chi connectivity index (χ2v) is 4.42. The molecular formula is C7H11N3S. The number of nitrogens with two attached hydrogens (primary N) is 1. The van der Waals surface area contributed by atoms with E-state index < -0.39 is 0 Å². The number of fused-ring (bicyclic) bond motifs is 1. The molecule has 4 heteroatoms. The van der Waals surface area contributed by atoms with Crippen molar-refractivity contribution in [3.63, 3.8) is 0 Å². The lowest BCUT2D eigenvalue weighted by molar-refractivity contribution is 0.433. The summed E-state index contributed by atoms with van der Waals surface area (Å²) in [6.45, 7) is 5.16. The molecule has 0 aliphatic carbocycles. The number of aromatic nitrogens is 1. The summed E-state index contributed by atoms with van der Waals surface area (Å²) in [5.41, 5.74) is 6.73. The highest BCUT2D eigenvalue weighted by molar-refractivity contribution is 7.15. The Morgan fingerprint density at radius 1 is 1.64 bits per heavy atom. The maximum Gasteiger partial charge on any atom is 0.180 e. The van der Waals surface area contributed by atoms with E-state index >= 15 is 0 Å². The van der Waals surface area contributed by atoms with Gasteiger partial charge in [-0.25, -0.2) is 4.98 Å². The average Bonchev–Trinajstić information content (AvgIpc) is 2.35. The Bertz CT molecular complexity index is 290. The Morgan fingerprint density at radius 3 is 3.00 bits per heavy atom. The molecule has 0 unspecified atom stereocenters. The van der Waals surface area contributed by atoms with Crippen LogP contribution >= 0.6 is 11.3 Å². The van der Waals surface area contributed by atoms with Crippen molar-refractivity contribution >= 4 is 16.5 Å². The molecule has 0 radical (unpaired) electrons. The van der Waals surface area contributed by atoms with Crippen LogP contribution in [0.15, 0.2) is 0 Å². The first-order valence-electron chi connectivity index (χ1n) is 3.60. The molecule has 1 aromatic heterocycles. The summed E-state index contributed by atoms with van der Waals surface area (Å²) >= 11 is 1.58. The van der Waals surface area contributed by atoms with Crippen LogP contribution in [0.3, 0.4) is 0 Å². The van der Waals surface area contributed by atoms with Crippen LogP contribution in [0.5, 0.6) is 0 Å². The molecule has 0 spiro atoms. The van der Waals surface area contributed by atoms with Gasteiger partial charge < -0.3 is 11.1 Å². The van der Waals surface area contributed by atoms with Gasteiger partial charge in [-0.15, -0.1) is 11.3 Å². The lowest BCUT2D eigenvalue weighted by Gasteiger charge is -2.16. The standard InChI is InChI=1S/C7H11N3S/c1-7(2)5-4(3-9-7)11-6(8)10-5/h9H,3H2,1-2H3,(H2,8,10). The second kappa shape index (κ2) is 1.95. The van der Waals surface area contributed by atoms with Crippen molar-refractivity contribution in [2.24, 2.45) is 0 Å². The normalized spacial score (nSPS) is 20.2. The maximum absolute atomic E-state index is 5.59. The topological polar surface area (TPSA) is 50.9 Å². The van der Waals surface area contributed by atoms with Gasteiger partial charge in [-0.3, -0.25) is 0 Å². The zero-order valence-corrected chi connectivity index (χ0v) is 7.46. The molecule has 0 aromatic carbocycles. The summed E-state index contributed by atoms with van der Waals surface area (Å²) in [6, 6.07) is 0. The van der Waals surface area contributed by atoms with Crippen molar-refractivity contribution in [1.29, 1.82) is 0 Å². The predicted octanol–water partition coefficient (Wildman–Crippen LogP) is 1.06. The molecule has 0 saturated heterocycles. The lowest BCUT2D eigenvalue weighted by Crippen LogP contribution is -2.29. The van der Waals surface area contributed by atoms with Crippen LogP contribution in [-0.4, -0.2) is 4.98 Å². The van der Waals surface area contributed by atoms with Crippen molar-refractivity contribution in [2.45, 2.75) is 25.9 Å². The van der Waals surface area contributed by atoms with Crippen LogP contribution in [0.25, 0.3) is 0 Å². The Hall–Kier alpha value is -0.610. The highest BCUT2D eigenvalue weighted by atomic mass is 32.1. The number of anilines is 1. The van der Waals surface area contributed by atoms with Gasteiger partial charge in [-0.1, -0.05) is 0 Å². The molecular weight excluding hydrogens is 158 g/mol. The predicted molar refractivity (Wildman–Crippen MR) is 46.4 cm³/mol. The van der Waals surface area contributed by atoms with Crippen molar-refractivity contribution in [2.75, 3.05) is 5.73 Å². The van der Waals surface area contributed by atoms with Gasteiger partial charge in [0, 0.05) is 11.4 Å². The third-order valence-corrected chi connectivity index (χ3v) is 2.88. The summed E-state index contributed by atoms with van der Waals surface area (Å²) in [4.78, 5) is 5.56. The number of thiazole rings is 1. The molecule has 1 aliphatic rings. The van der Waals surface area contributed by atoms with Crippen LogP contribution in [-0.2, 0) is 12.1 Å². The van der Waals surface area contributed by atoms with E-state index in [0.717, 1.165) is 12.2 Å². The minimum Gasteiger partial charge on any atom is -0.375 e. The van der Waals surface area contributed by atoms with Gasteiger partial charge in [-0.05, 0) is 13.8 Å². The van der Waals surface area contributed by atoms with Gasteiger partial charge in [0.2, 0.25) is 0 Å². The Balaban J connectivity index is 2.54. The molecule has 0 fully saturated rings. The van der Waals surface area contributed by atoms with Crippen molar-refractivity contribution in [1.82, 2.24) is 10.3 Å². The number of hydrogen-bond acceptors (Lipinski definition) is 4. The number of nitrogen functional groups attached to an aromatic ring is 1. The highest BCUT2D eigenvalue weighted by Gasteiger charge is 2.32. The summed E-state index contributed by atoms with van der Waals surface area (Å²) in [6.07, 6.45) is 0. The number of nitrogens with one attached hydrogen (secondary N) is 1. The third-order valence-electron chi connectivity index (χ3n) is 2.00. The quantitative estimate of drug-likeness (QED) is 0.610. The third kappa shape index (κ3) is 0.937. The van der Waals surface area contributed by atoms with Crippen molar-refractivity contribution in [3.05, 3.63) is 10.6 Å². The second-order valence-electron chi connectivity index (χ2n) is 3.30. The minimum absolute atomic E-state index is 0.0173. The summed E-state index contributed by atoms with van der Waals surface area (Å²) in [5.74, 6) is 0. The average molecular weight is 169 g/mol. The van der Waals surface area contributed by atoms with E-state index in [1.807, 2.05) is 0 Å². The summed E-state index contributed by atoms with van der Waals surface area (Å²) in [5, 5.41) is 4.05. The van der Waals surface area contributed by atoms with Crippen LogP contribution < -0.4 is 11.1 Å². The van der Waals surface area contributed by atoms with Crippen molar-refractivity contribution in [3.8, 4) is 0 Å². The van der Waals surface area contributed by atoms with Gasteiger partial charge in [0.25, 0.3) is 0 Å². The molecule has 60 valence electrons. The fourth-order valence-electron chi connectivity index (χ4n) is 1.36. The van der Waals surface area contributed by atoms with Crippen LogP contribution in [0.2, 0.25) is 0 Å². The molecule has 1 aliphatic heterocycles. The summed E-state index contributed by atoms with van der Waals surface area (Å²) in [7, 11) is 0. The van der Waals surface area contributed by atoms with E-state index in [9.17, 15) is 0 Å². The van der Waals surface area contributed by atoms with E-state index in [-0.39, 0.29) is 5.54 Å². The number of hydrogen-bond donors (Lipinski definition) is 2. The van der Waals surface area contributed by atoms with Gasteiger partial charge in [0.1, 0.15) is 0 Å². The van der Waals surface area contributed by atoms with Gasteiger partial charge in [0.05, 0.1) is 11.2 Å². The van der Waals surface area contributed by atoms with E-state index in [1.54, 1.807) is 11.3 Å². The monoisotopic (exact) mass is 169 g/mol. The molecule has 2 rings (SSSR count). The highest BCUT2D eigenvalue weighted by Crippen LogP contribution is 2.34. The first-order chi connectivity index (χ1) is 5.09. The fraction of sp³-hybridized carbons (Fsp3) is 0.571. The van der Waals surface area contributed by atoms with Gasteiger partial charge in [0.15, 0.2) is 5.13 Å².